The van der Waals surface area contributed by atoms with Crippen molar-refractivity contribution < 1.29 is 4.79 Å². The van der Waals surface area contributed by atoms with Crippen molar-refractivity contribution in [2.75, 3.05) is 11.9 Å². The van der Waals surface area contributed by atoms with Crippen LogP contribution in [0.3, 0.4) is 0 Å². The van der Waals surface area contributed by atoms with E-state index in [9.17, 15) is 9.59 Å². The lowest BCUT2D eigenvalue weighted by atomic mass is 10.2. The number of carbonyl (C=O) groups excluding carboxylic acids is 1. The van der Waals surface area contributed by atoms with Gasteiger partial charge in [0.25, 0.3) is 5.56 Å². The van der Waals surface area contributed by atoms with Gasteiger partial charge in [-0.3, -0.25) is 9.48 Å². The molecule has 0 fully saturated rings. The molecule has 0 unspecified atom stereocenters. The van der Waals surface area contributed by atoms with Crippen LogP contribution in [0.25, 0.3) is 5.69 Å². The molecule has 0 aliphatic carbocycles. The second-order valence-corrected chi connectivity index (χ2v) is 6.37. The van der Waals surface area contributed by atoms with E-state index in [1.807, 2.05) is 74.5 Å². The molecule has 1 aromatic heterocycles. The largest absolute Gasteiger partial charge is 0.322 e. The van der Waals surface area contributed by atoms with Crippen LogP contribution in [0, 0.1) is 6.92 Å². The zero-order valence-electron chi connectivity index (χ0n) is 15.8. The number of nitrogens with zero attached hydrogens (tertiary/aromatic N) is 3. The monoisotopic (exact) mass is 364 g/mol. The smallest absolute Gasteiger partial charge is 0.320 e. The number of urea groups is 1. The van der Waals surface area contributed by atoms with Gasteiger partial charge in [0.1, 0.15) is 5.69 Å². The van der Waals surface area contributed by atoms with Gasteiger partial charge in [-0.1, -0.05) is 48.5 Å². The molecule has 140 valence electrons. The van der Waals surface area contributed by atoms with Crippen LogP contribution in [0.1, 0.15) is 18.2 Å². The van der Waals surface area contributed by atoms with E-state index >= 15 is 0 Å². The average molecular weight is 364 g/mol. The van der Waals surface area contributed by atoms with Crippen molar-refractivity contribution in [3.05, 3.63) is 82.3 Å². The van der Waals surface area contributed by atoms with Crippen molar-refractivity contribution in [1.29, 1.82) is 0 Å². The molecule has 1 heterocycles. The summed E-state index contributed by atoms with van der Waals surface area (Å²) in [6.07, 6.45) is 0. The molecule has 0 radical (unpaired) electrons. The van der Waals surface area contributed by atoms with E-state index in [4.69, 9.17) is 0 Å². The van der Waals surface area contributed by atoms with Gasteiger partial charge in [0, 0.05) is 20.1 Å². The summed E-state index contributed by atoms with van der Waals surface area (Å²) >= 11 is 0. The standard InChI is InChI=1S/C21H24N4O2/c1-4-24(15-17-11-7-5-8-12-17)21(27)22-19-16(2)23(3)25(20(19)26)18-13-9-6-10-14-18/h5-14H,4,15H2,1-3H3,(H,22,27). The molecule has 0 bridgehead atoms. The molecule has 6 nitrogen and oxygen atoms in total. The molecule has 0 aliphatic rings. The predicted octanol–water partition coefficient (Wildman–Crippen LogP) is 3.54. The summed E-state index contributed by atoms with van der Waals surface area (Å²) in [4.78, 5) is 27.4. The first-order valence-corrected chi connectivity index (χ1v) is 8.96. The Kier molecular flexibility index (Phi) is 5.45. The summed E-state index contributed by atoms with van der Waals surface area (Å²) in [5.41, 5.74) is 2.56. The highest BCUT2D eigenvalue weighted by molar-refractivity contribution is 5.89. The number of hydrogen-bond donors (Lipinski definition) is 1. The first-order chi connectivity index (χ1) is 13.0. The van der Waals surface area contributed by atoms with Gasteiger partial charge in [0.15, 0.2) is 0 Å². The highest BCUT2D eigenvalue weighted by Crippen LogP contribution is 2.15. The molecule has 6 heteroatoms. The van der Waals surface area contributed by atoms with Crippen LogP contribution in [0.2, 0.25) is 0 Å². The fourth-order valence-corrected chi connectivity index (χ4v) is 3.03. The summed E-state index contributed by atoms with van der Waals surface area (Å²) in [5, 5.41) is 2.81. The Morgan fingerprint density at radius 1 is 1.04 bits per heavy atom. The van der Waals surface area contributed by atoms with Gasteiger partial charge in [0.2, 0.25) is 0 Å². The van der Waals surface area contributed by atoms with Gasteiger partial charge in [-0.05, 0) is 31.5 Å². The number of hydrogen-bond acceptors (Lipinski definition) is 2. The lowest BCUT2D eigenvalue weighted by molar-refractivity contribution is 0.212. The van der Waals surface area contributed by atoms with Gasteiger partial charge in [0.05, 0.1) is 11.4 Å². The number of anilines is 1. The number of rotatable bonds is 5. The van der Waals surface area contributed by atoms with Crippen LogP contribution in [0.15, 0.2) is 65.5 Å². The minimum absolute atomic E-state index is 0.245. The number of carbonyl (C=O) groups is 1. The normalized spacial score (nSPS) is 10.6. The minimum Gasteiger partial charge on any atom is -0.320 e. The second kappa shape index (κ2) is 7.95. The van der Waals surface area contributed by atoms with Crippen molar-refractivity contribution in [3.63, 3.8) is 0 Å². The molecule has 0 saturated heterocycles. The molecule has 3 aromatic rings. The molecule has 1 N–H and O–H groups in total. The van der Waals surface area contributed by atoms with Crippen molar-refractivity contribution in [1.82, 2.24) is 14.3 Å². The number of amides is 2. The summed E-state index contributed by atoms with van der Waals surface area (Å²) < 4.78 is 3.30. The lowest BCUT2D eigenvalue weighted by Crippen LogP contribution is -2.35. The molecule has 2 amide bonds. The first-order valence-electron chi connectivity index (χ1n) is 8.96. The number of benzene rings is 2. The van der Waals surface area contributed by atoms with E-state index in [0.717, 1.165) is 11.3 Å². The zero-order valence-corrected chi connectivity index (χ0v) is 15.8. The summed E-state index contributed by atoms with van der Waals surface area (Å²) in [7, 11) is 1.81. The third kappa shape index (κ3) is 3.79. The molecule has 3 rings (SSSR count). The summed E-state index contributed by atoms with van der Waals surface area (Å²) in [6, 6.07) is 18.9. The first kappa shape index (κ1) is 18.5. The SMILES string of the molecule is CCN(Cc1ccccc1)C(=O)Nc1c(C)n(C)n(-c2ccccc2)c1=O. The van der Waals surface area contributed by atoms with Crippen LogP contribution >= 0.6 is 0 Å². The zero-order chi connectivity index (χ0) is 19.4. The highest BCUT2D eigenvalue weighted by atomic mass is 16.2. The maximum Gasteiger partial charge on any atom is 0.322 e. The van der Waals surface area contributed by atoms with E-state index in [2.05, 4.69) is 5.32 Å². The lowest BCUT2D eigenvalue weighted by Gasteiger charge is -2.21. The van der Waals surface area contributed by atoms with Crippen molar-refractivity contribution in [2.24, 2.45) is 7.05 Å². The molecule has 27 heavy (non-hydrogen) atoms. The van der Waals surface area contributed by atoms with Crippen molar-refractivity contribution >= 4 is 11.7 Å². The molecule has 0 atom stereocenters. The average Bonchev–Trinajstić information content (AvgIpc) is 2.90. The summed E-state index contributed by atoms with van der Waals surface area (Å²) in [6.45, 7) is 4.77. The van der Waals surface area contributed by atoms with Gasteiger partial charge in [-0.25, -0.2) is 9.48 Å². The number of para-hydroxylation sites is 1. The molecule has 0 aliphatic heterocycles. The summed E-state index contributed by atoms with van der Waals surface area (Å²) in [5.74, 6) is 0. The quantitative estimate of drug-likeness (QED) is 0.753. The maximum atomic E-state index is 12.9. The van der Waals surface area contributed by atoms with E-state index in [1.165, 1.54) is 0 Å². The Labute approximate surface area is 158 Å². The van der Waals surface area contributed by atoms with Crippen LogP contribution in [0.4, 0.5) is 10.5 Å². The third-order valence-electron chi connectivity index (χ3n) is 4.67. The topological polar surface area (TPSA) is 59.3 Å². The van der Waals surface area contributed by atoms with Gasteiger partial charge >= 0.3 is 6.03 Å². The molecule has 0 spiro atoms. The fraction of sp³-hybridized carbons (Fsp3) is 0.238. The van der Waals surface area contributed by atoms with Crippen LogP contribution in [-0.2, 0) is 13.6 Å². The number of nitrogens with one attached hydrogen (secondary N) is 1. The predicted molar refractivity (Wildman–Crippen MR) is 107 cm³/mol. The molecule has 0 saturated carbocycles. The van der Waals surface area contributed by atoms with Gasteiger partial charge < -0.3 is 10.2 Å². The number of aromatic nitrogens is 2. The van der Waals surface area contributed by atoms with E-state index in [0.29, 0.717) is 24.5 Å². The fourth-order valence-electron chi connectivity index (χ4n) is 3.03. The molecule has 2 aromatic carbocycles. The van der Waals surface area contributed by atoms with E-state index in [1.54, 1.807) is 21.3 Å². The Bertz CT molecular complexity index is 975. The van der Waals surface area contributed by atoms with Crippen LogP contribution in [0.5, 0.6) is 0 Å². The Morgan fingerprint density at radius 2 is 1.63 bits per heavy atom. The van der Waals surface area contributed by atoms with Crippen LogP contribution < -0.4 is 10.9 Å². The Balaban J connectivity index is 1.87. The maximum absolute atomic E-state index is 12.9. The Morgan fingerprint density at radius 3 is 2.22 bits per heavy atom. The van der Waals surface area contributed by atoms with E-state index in [-0.39, 0.29) is 11.6 Å². The molecular weight excluding hydrogens is 340 g/mol. The van der Waals surface area contributed by atoms with Gasteiger partial charge in [-0.15, -0.1) is 0 Å². The van der Waals surface area contributed by atoms with Crippen LogP contribution in [-0.4, -0.2) is 26.8 Å². The second-order valence-electron chi connectivity index (χ2n) is 6.37. The Hall–Kier alpha value is -3.28. The highest BCUT2D eigenvalue weighted by Gasteiger charge is 2.20. The minimum atomic E-state index is -0.285. The van der Waals surface area contributed by atoms with E-state index < -0.39 is 0 Å². The van der Waals surface area contributed by atoms with Crippen molar-refractivity contribution in [2.45, 2.75) is 20.4 Å². The third-order valence-corrected chi connectivity index (χ3v) is 4.67. The van der Waals surface area contributed by atoms with Gasteiger partial charge in [-0.2, -0.15) is 0 Å². The van der Waals surface area contributed by atoms with Crippen molar-refractivity contribution in [3.8, 4) is 5.69 Å². The molecular formula is C21H24N4O2.